The van der Waals surface area contributed by atoms with Crippen molar-refractivity contribution in [2.24, 2.45) is 5.92 Å². The summed E-state index contributed by atoms with van der Waals surface area (Å²) in [5.41, 5.74) is 0. The molecule has 0 atom stereocenters. The molecule has 0 aromatic carbocycles. The van der Waals surface area contributed by atoms with E-state index in [0.29, 0.717) is 12.3 Å². The van der Waals surface area contributed by atoms with Gasteiger partial charge in [0.1, 0.15) is 0 Å². The predicted molar refractivity (Wildman–Crippen MR) is 38.0 cm³/mol. The monoisotopic (exact) mass is 178 g/mol. The van der Waals surface area contributed by atoms with Crippen molar-refractivity contribution in [3.8, 4) is 0 Å². The Morgan fingerprint density at radius 1 is 1.62 bits per heavy atom. The Morgan fingerprint density at radius 2 is 2.12 bits per heavy atom. The van der Waals surface area contributed by atoms with Crippen molar-refractivity contribution < 1.29 is 4.79 Å². The molecule has 2 heteroatoms. The molecule has 0 heterocycles. The van der Waals surface area contributed by atoms with Crippen LogP contribution in [0, 0.1) is 5.92 Å². The molecule has 0 aliphatic carbocycles. The first-order valence-corrected chi connectivity index (χ1v) is 3.60. The highest BCUT2D eigenvalue weighted by Gasteiger charge is 1.97. The summed E-state index contributed by atoms with van der Waals surface area (Å²) in [6.07, 6.45) is 1.65. The van der Waals surface area contributed by atoms with E-state index in [1.807, 2.05) is 0 Å². The van der Waals surface area contributed by atoms with Crippen LogP contribution in [0.15, 0.2) is 0 Å². The first-order chi connectivity index (χ1) is 3.63. The maximum atomic E-state index is 10.3. The van der Waals surface area contributed by atoms with Crippen LogP contribution < -0.4 is 0 Å². The van der Waals surface area contributed by atoms with Gasteiger partial charge in [-0.15, -0.1) is 0 Å². The minimum Gasteiger partial charge on any atom is -0.287 e. The van der Waals surface area contributed by atoms with E-state index in [2.05, 4.69) is 29.8 Å². The number of hydrogen-bond acceptors (Lipinski definition) is 1. The van der Waals surface area contributed by atoms with Crippen molar-refractivity contribution in [1.82, 2.24) is 0 Å². The lowest BCUT2D eigenvalue weighted by molar-refractivity contribution is -0.110. The van der Waals surface area contributed by atoms with Gasteiger partial charge in [-0.25, -0.2) is 0 Å². The molecule has 0 saturated heterocycles. The molecule has 0 spiro atoms. The molecule has 0 aromatic rings. The molecule has 0 N–H and O–H groups in total. The highest BCUT2D eigenvalue weighted by Crippen LogP contribution is 2.05. The Bertz CT molecular complexity index is 78.6. The van der Waals surface area contributed by atoms with Gasteiger partial charge in [-0.1, -0.05) is 13.8 Å². The van der Waals surface area contributed by atoms with E-state index in [4.69, 9.17) is 0 Å². The van der Waals surface area contributed by atoms with Crippen LogP contribution in [-0.4, -0.2) is 4.69 Å². The van der Waals surface area contributed by atoms with Crippen LogP contribution in [0.2, 0.25) is 0 Å². The van der Waals surface area contributed by atoms with Crippen LogP contribution in [-0.2, 0) is 4.79 Å². The smallest absolute Gasteiger partial charge is 0.197 e. The van der Waals surface area contributed by atoms with Crippen molar-refractivity contribution in [3.63, 3.8) is 0 Å². The fourth-order valence-electron chi connectivity index (χ4n) is 0.402. The van der Waals surface area contributed by atoms with Crippen molar-refractivity contribution in [2.45, 2.75) is 26.7 Å². The summed E-state index contributed by atoms with van der Waals surface area (Å²) in [5, 5.41) is 0. The van der Waals surface area contributed by atoms with Crippen molar-refractivity contribution >= 4 is 20.6 Å². The zero-order valence-electron chi connectivity index (χ0n) is 5.28. The molecule has 0 bridgehead atoms. The SMILES string of the molecule is CC(C)CCC(=O)Br. The molecular weight excluding hydrogens is 168 g/mol. The molecule has 8 heavy (non-hydrogen) atoms. The van der Waals surface area contributed by atoms with Gasteiger partial charge in [0.05, 0.1) is 0 Å². The molecular formula is C6H11BrO. The maximum Gasteiger partial charge on any atom is 0.197 e. The first-order valence-electron chi connectivity index (χ1n) is 2.81. The van der Waals surface area contributed by atoms with Gasteiger partial charge < -0.3 is 0 Å². The molecule has 0 radical (unpaired) electrons. The molecule has 48 valence electrons. The largest absolute Gasteiger partial charge is 0.287 e. The van der Waals surface area contributed by atoms with E-state index in [-0.39, 0.29) is 4.69 Å². The predicted octanol–water partition coefficient (Wildman–Crippen LogP) is 2.34. The highest BCUT2D eigenvalue weighted by molar-refractivity contribution is 9.18. The van der Waals surface area contributed by atoms with E-state index < -0.39 is 0 Å². The molecule has 1 nitrogen and oxygen atoms in total. The summed E-state index contributed by atoms with van der Waals surface area (Å²) in [7, 11) is 0. The van der Waals surface area contributed by atoms with Crippen LogP contribution in [0.5, 0.6) is 0 Å². The number of rotatable bonds is 3. The summed E-state index contributed by atoms with van der Waals surface area (Å²) < 4.78 is 0.117. The van der Waals surface area contributed by atoms with Gasteiger partial charge >= 0.3 is 0 Å². The summed E-state index contributed by atoms with van der Waals surface area (Å²) >= 11 is 2.86. The van der Waals surface area contributed by atoms with Gasteiger partial charge in [-0.2, -0.15) is 0 Å². The van der Waals surface area contributed by atoms with Crippen LogP contribution in [0.3, 0.4) is 0 Å². The second kappa shape index (κ2) is 4.07. The van der Waals surface area contributed by atoms with Crippen LogP contribution >= 0.6 is 15.9 Å². The minimum atomic E-state index is 0.117. The molecule has 0 rings (SSSR count). The molecule has 0 unspecified atom stereocenters. The average Bonchev–Trinajstić information content (AvgIpc) is 1.61. The summed E-state index contributed by atoms with van der Waals surface area (Å²) in [6.45, 7) is 4.21. The van der Waals surface area contributed by atoms with Crippen LogP contribution in [0.25, 0.3) is 0 Å². The Balaban J connectivity index is 3.05. The van der Waals surface area contributed by atoms with Gasteiger partial charge in [0.2, 0.25) is 0 Å². The summed E-state index contributed by atoms with van der Waals surface area (Å²) in [5.74, 6) is 0.636. The van der Waals surface area contributed by atoms with Gasteiger partial charge in [-0.3, -0.25) is 4.79 Å². The van der Waals surface area contributed by atoms with Gasteiger partial charge in [0.25, 0.3) is 0 Å². The number of halogens is 1. The molecule has 0 aliphatic heterocycles. The lowest BCUT2D eigenvalue weighted by Crippen LogP contribution is -1.90. The zero-order chi connectivity index (χ0) is 6.57. The third kappa shape index (κ3) is 6.15. The van der Waals surface area contributed by atoms with E-state index in [1.54, 1.807) is 0 Å². The molecule has 0 fully saturated rings. The normalized spacial score (nSPS) is 10.0. The fraction of sp³-hybridized carbons (Fsp3) is 0.833. The Kier molecular flexibility index (Phi) is 4.15. The minimum absolute atomic E-state index is 0.117. The second-order valence-electron chi connectivity index (χ2n) is 2.29. The lowest BCUT2D eigenvalue weighted by atomic mass is 10.1. The number of hydrogen-bond donors (Lipinski definition) is 0. The van der Waals surface area contributed by atoms with E-state index >= 15 is 0 Å². The fourth-order valence-corrected chi connectivity index (χ4v) is 0.631. The standard InChI is InChI=1S/C6H11BrO/c1-5(2)3-4-6(7)8/h5H,3-4H2,1-2H3. The average molecular weight is 179 g/mol. The molecule has 0 aliphatic rings. The third-order valence-electron chi connectivity index (χ3n) is 0.918. The summed E-state index contributed by atoms with van der Waals surface area (Å²) in [6, 6.07) is 0. The highest BCUT2D eigenvalue weighted by atomic mass is 79.9. The van der Waals surface area contributed by atoms with Gasteiger partial charge in [0, 0.05) is 6.42 Å². The van der Waals surface area contributed by atoms with Gasteiger partial charge in [-0.05, 0) is 28.3 Å². The number of carbonyl (C=O) groups excluding carboxylic acids is 1. The Hall–Kier alpha value is 0.150. The van der Waals surface area contributed by atoms with Crippen LogP contribution in [0.4, 0.5) is 0 Å². The second-order valence-corrected chi connectivity index (χ2v) is 3.17. The summed E-state index contributed by atoms with van der Waals surface area (Å²) in [4.78, 5) is 10.3. The molecule has 0 saturated carbocycles. The van der Waals surface area contributed by atoms with E-state index in [0.717, 1.165) is 6.42 Å². The Labute approximate surface area is 58.6 Å². The topological polar surface area (TPSA) is 17.1 Å². The van der Waals surface area contributed by atoms with Crippen LogP contribution in [0.1, 0.15) is 26.7 Å². The first kappa shape index (κ1) is 8.15. The zero-order valence-corrected chi connectivity index (χ0v) is 6.86. The number of carbonyl (C=O) groups is 1. The Morgan fingerprint density at radius 3 is 2.25 bits per heavy atom. The maximum absolute atomic E-state index is 10.3. The third-order valence-corrected chi connectivity index (χ3v) is 1.31. The van der Waals surface area contributed by atoms with Crippen molar-refractivity contribution in [3.05, 3.63) is 0 Å². The lowest BCUT2D eigenvalue weighted by Gasteiger charge is -1.97. The quantitative estimate of drug-likeness (QED) is 0.607. The molecule has 0 aromatic heterocycles. The van der Waals surface area contributed by atoms with Crippen molar-refractivity contribution in [1.29, 1.82) is 0 Å². The van der Waals surface area contributed by atoms with Crippen molar-refractivity contribution in [2.75, 3.05) is 0 Å². The molecule has 0 amide bonds. The van der Waals surface area contributed by atoms with Gasteiger partial charge in [0.15, 0.2) is 4.69 Å². The van der Waals surface area contributed by atoms with E-state index in [9.17, 15) is 4.79 Å². The van der Waals surface area contributed by atoms with E-state index in [1.165, 1.54) is 0 Å².